The van der Waals surface area contributed by atoms with Gasteiger partial charge in [0.25, 0.3) is 0 Å². The summed E-state index contributed by atoms with van der Waals surface area (Å²) >= 11 is 0. The molecule has 0 fully saturated rings. The number of halogens is 3. The maximum absolute atomic E-state index is 12.3. The minimum Gasteiger partial charge on any atom is -0.329 e. The third kappa shape index (κ3) is 4.06. The summed E-state index contributed by atoms with van der Waals surface area (Å²) in [6.45, 7) is 1.58. The van der Waals surface area contributed by atoms with Gasteiger partial charge in [-0.15, -0.1) is 0 Å². The van der Waals surface area contributed by atoms with Gasteiger partial charge in [-0.05, 0) is 18.6 Å². The molecular formula is C10H14F3N3O2S. The lowest BCUT2D eigenvalue weighted by Crippen LogP contribution is -2.33. The molecule has 1 aromatic rings. The molecule has 1 rings (SSSR count). The molecular weight excluding hydrogens is 283 g/mol. The largest absolute Gasteiger partial charge is 0.433 e. The number of hydrogen-bond donors (Lipinski definition) is 2. The summed E-state index contributed by atoms with van der Waals surface area (Å²) in [7, 11) is -3.72. The van der Waals surface area contributed by atoms with Crippen molar-refractivity contribution in [2.24, 2.45) is 5.73 Å². The highest BCUT2D eigenvalue weighted by Crippen LogP contribution is 2.28. The Morgan fingerprint density at radius 2 is 2.05 bits per heavy atom. The average Bonchev–Trinajstić information content (AvgIpc) is 2.29. The first-order chi connectivity index (χ1) is 8.70. The summed E-state index contributed by atoms with van der Waals surface area (Å²) in [5.74, 6) is 0. The van der Waals surface area contributed by atoms with E-state index < -0.39 is 27.1 Å². The SMILES string of the molecule is CCC(CN)S(=O)(=O)Nc1ccc(C(F)(F)F)nc1. The van der Waals surface area contributed by atoms with Crippen LogP contribution >= 0.6 is 0 Å². The van der Waals surface area contributed by atoms with Gasteiger partial charge in [0.15, 0.2) is 0 Å². The Balaban J connectivity index is 2.90. The minimum absolute atomic E-state index is 0.0279. The summed E-state index contributed by atoms with van der Waals surface area (Å²) in [5, 5.41) is -0.796. The number of nitrogens with zero attached hydrogens (tertiary/aromatic N) is 1. The molecule has 0 amide bonds. The van der Waals surface area contributed by atoms with E-state index in [0.717, 1.165) is 12.3 Å². The standard InChI is InChI=1S/C10H14F3N3O2S/c1-2-8(5-14)19(17,18)16-7-3-4-9(15-6-7)10(11,12)13/h3-4,6,8,16H,2,5,14H2,1H3. The molecule has 108 valence electrons. The number of pyridine rings is 1. The third-order valence-electron chi connectivity index (χ3n) is 2.47. The second-order valence-corrected chi connectivity index (χ2v) is 5.80. The molecule has 3 N–H and O–H groups in total. The van der Waals surface area contributed by atoms with Crippen LogP contribution in [0.2, 0.25) is 0 Å². The highest BCUT2D eigenvalue weighted by atomic mass is 32.2. The van der Waals surface area contributed by atoms with Gasteiger partial charge in [0, 0.05) is 6.54 Å². The van der Waals surface area contributed by atoms with Crippen molar-refractivity contribution in [3.05, 3.63) is 24.0 Å². The fourth-order valence-corrected chi connectivity index (χ4v) is 2.69. The average molecular weight is 297 g/mol. The van der Waals surface area contributed by atoms with Gasteiger partial charge in [-0.2, -0.15) is 13.2 Å². The summed E-state index contributed by atoms with van der Waals surface area (Å²) in [6.07, 6.45) is -3.43. The first-order valence-corrected chi connectivity index (χ1v) is 7.00. The van der Waals surface area contributed by atoms with E-state index in [9.17, 15) is 21.6 Å². The van der Waals surface area contributed by atoms with Gasteiger partial charge in [-0.25, -0.2) is 13.4 Å². The number of rotatable bonds is 5. The highest BCUT2D eigenvalue weighted by Gasteiger charge is 2.32. The number of aromatic nitrogens is 1. The Morgan fingerprint density at radius 3 is 2.42 bits per heavy atom. The smallest absolute Gasteiger partial charge is 0.329 e. The number of hydrogen-bond acceptors (Lipinski definition) is 4. The summed E-state index contributed by atoms with van der Waals surface area (Å²) in [5.41, 5.74) is 4.21. The van der Waals surface area contributed by atoms with E-state index in [2.05, 4.69) is 9.71 Å². The predicted octanol–water partition coefficient (Wildman–Crippen LogP) is 1.58. The van der Waals surface area contributed by atoms with Crippen LogP contribution < -0.4 is 10.5 Å². The Bertz CT molecular complexity index is 510. The monoisotopic (exact) mass is 297 g/mol. The van der Waals surface area contributed by atoms with Crippen molar-refractivity contribution in [1.29, 1.82) is 0 Å². The summed E-state index contributed by atoms with van der Waals surface area (Å²) < 4.78 is 62.6. The van der Waals surface area contributed by atoms with Crippen LogP contribution in [0.15, 0.2) is 18.3 Å². The van der Waals surface area contributed by atoms with Crippen molar-refractivity contribution in [1.82, 2.24) is 4.98 Å². The van der Waals surface area contributed by atoms with Gasteiger partial charge in [-0.1, -0.05) is 6.92 Å². The normalized spacial score (nSPS) is 14.2. The zero-order valence-corrected chi connectivity index (χ0v) is 10.9. The Labute approximate surface area is 109 Å². The first-order valence-electron chi connectivity index (χ1n) is 5.45. The van der Waals surface area contributed by atoms with Crippen LogP contribution in [-0.2, 0) is 16.2 Å². The minimum atomic E-state index is -4.55. The Hall–Kier alpha value is -1.35. The van der Waals surface area contributed by atoms with Crippen LogP contribution in [-0.4, -0.2) is 25.2 Å². The number of nitrogens with two attached hydrogens (primary N) is 1. The van der Waals surface area contributed by atoms with Crippen LogP contribution in [0, 0.1) is 0 Å². The van der Waals surface area contributed by atoms with Crippen LogP contribution in [0.25, 0.3) is 0 Å². The van der Waals surface area contributed by atoms with Crippen molar-refractivity contribution < 1.29 is 21.6 Å². The highest BCUT2D eigenvalue weighted by molar-refractivity contribution is 7.93. The van der Waals surface area contributed by atoms with Gasteiger partial charge in [0.1, 0.15) is 5.69 Å². The molecule has 0 spiro atoms. The Kier molecular flexibility index (Phi) is 4.75. The lowest BCUT2D eigenvalue weighted by atomic mass is 10.3. The number of nitrogens with one attached hydrogen (secondary N) is 1. The molecule has 5 nitrogen and oxygen atoms in total. The van der Waals surface area contributed by atoms with Crippen LogP contribution in [0.4, 0.5) is 18.9 Å². The van der Waals surface area contributed by atoms with E-state index in [4.69, 9.17) is 5.73 Å². The molecule has 1 unspecified atom stereocenters. The van der Waals surface area contributed by atoms with Gasteiger partial charge in [-0.3, -0.25) is 4.72 Å². The van der Waals surface area contributed by atoms with Gasteiger partial charge in [0.2, 0.25) is 10.0 Å². The molecule has 0 radical (unpaired) electrons. The number of sulfonamides is 1. The maximum Gasteiger partial charge on any atom is 0.433 e. The van der Waals surface area contributed by atoms with E-state index in [1.54, 1.807) is 6.92 Å². The second kappa shape index (κ2) is 5.74. The molecule has 1 atom stereocenters. The number of alkyl halides is 3. The molecule has 19 heavy (non-hydrogen) atoms. The van der Waals surface area contributed by atoms with Crippen molar-refractivity contribution in [3.63, 3.8) is 0 Å². The Morgan fingerprint density at radius 1 is 1.42 bits per heavy atom. The molecule has 0 saturated carbocycles. The van der Waals surface area contributed by atoms with Gasteiger partial charge >= 0.3 is 6.18 Å². The van der Waals surface area contributed by atoms with Crippen LogP contribution in [0.5, 0.6) is 0 Å². The summed E-state index contributed by atoms with van der Waals surface area (Å²) in [4.78, 5) is 3.16. The molecule has 0 saturated heterocycles. The molecule has 0 aromatic carbocycles. The molecule has 1 aromatic heterocycles. The fraction of sp³-hybridized carbons (Fsp3) is 0.500. The van der Waals surface area contributed by atoms with Crippen molar-refractivity contribution in [3.8, 4) is 0 Å². The third-order valence-corrected chi connectivity index (χ3v) is 4.39. The lowest BCUT2D eigenvalue weighted by Gasteiger charge is -2.15. The van der Waals surface area contributed by atoms with Gasteiger partial charge < -0.3 is 5.73 Å². The van der Waals surface area contributed by atoms with E-state index in [-0.39, 0.29) is 12.2 Å². The predicted molar refractivity (Wildman–Crippen MR) is 64.9 cm³/mol. The molecule has 0 aliphatic rings. The summed E-state index contributed by atoms with van der Waals surface area (Å²) in [6, 6.07) is 1.72. The fourth-order valence-electron chi connectivity index (χ4n) is 1.38. The lowest BCUT2D eigenvalue weighted by molar-refractivity contribution is -0.141. The molecule has 0 aliphatic heterocycles. The maximum atomic E-state index is 12.3. The molecule has 9 heteroatoms. The van der Waals surface area contributed by atoms with Gasteiger partial charge in [0.05, 0.1) is 17.1 Å². The van der Waals surface area contributed by atoms with Crippen LogP contribution in [0.3, 0.4) is 0 Å². The van der Waals surface area contributed by atoms with E-state index in [1.165, 1.54) is 0 Å². The topological polar surface area (TPSA) is 85.1 Å². The van der Waals surface area contributed by atoms with E-state index >= 15 is 0 Å². The first kappa shape index (κ1) is 15.7. The molecule has 0 aliphatic carbocycles. The number of anilines is 1. The van der Waals surface area contributed by atoms with E-state index in [1.807, 2.05) is 0 Å². The second-order valence-electron chi connectivity index (χ2n) is 3.84. The molecule has 1 heterocycles. The van der Waals surface area contributed by atoms with Crippen LogP contribution in [0.1, 0.15) is 19.0 Å². The van der Waals surface area contributed by atoms with Crippen molar-refractivity contribution >= 4 is 15.7 Å². The quantitative estimate of drug-likeness (QED) is 0.864. The zero-order valence-electron chi connectivity index (χ0n) is 10.1. The van der Waals surface area contributed by atoms with Crippen molar-refractivity contribution in [2.45, 2.75) is 24.8 Å². The van der Waals surface area contributed by atoms with Crippen molar-refractivity contribution in [2.75, 3.05) is 11.3 Å². The molecule has 0 bridgehead atoms. The van der Waals surface area contributed by atoms with E-state index in [0.29, 0.717) is 12.5 Å². The zero-order chi connectivity index (χ0) is 14.7.